The minimum atomic E-state index is -0.687. The van der Waals surface area contributed by atoms with Crippen LogP contribution in [-0.4, -0.2) is 22.8 Å². The fraction of sp³-hybridized carbons (Fsp3) is 0.133. The second-order valence-corrected chi connectivity index (χ2v) is 5.31. The van der Waals surface area contributed by atoms with E-state index in [1.807, 2.05) is 0 Å². The number of hydrogen-bond donors (Lipinski definition) is 1. The summed E-state index contributed by atoms with van der Waals surface area (Å²) in [4.78, 5) is 33.8. The fourth-order valence-electron chi connectivity index (χ4n) is 2.59. The average molecular weight is 328 g/mol. The van der Waals surface area contributed by atoms with Crippen molar-refractivity contribution in [1.29, 1.82) is 0 Å². The quantitative estimate of drug-likeness (QED) is 0.681. The molecule has 2 aromatic carbocycles. The number of likely N-dealkylation sites (N-methyl/N-ethyl adjacent to an activating group) is 1. The van der Waals surface area contributed by atoms with Gasteiger partial charge in [-0.1, -0.05) is 0 Å². The van der Waals surface area contributed by atoms with Crippen LogP contribution in [0, 0.1) is 20.2 Å². The largest absolute Gasteiger partial charge is 0.350 e. The zero-order valence-electron chi connectivity index (χ0n) is 12.6. The molecule has 0 saturated heterocycles. The van der Waals surface area contributed by atoms with E-state index >= 15 is 0 Å². The molecule has 2 aromatic rings. The first kappa shape index (κ1) is 15.4. The van der Waals surface area contributed by atoms with Crippen LogP contribution in [0.4, 0.5) is 28.4 Å². The molecule has 1 aliphatic heterocycles. The van der Waals surface area contributed by atoms with Gasteiger partial charge in [0.1, 0.15) is 5.69 Å². The molecule has 122 valence electrons. The number of nitro groups is 2. The summed E-state index contributed by atoms with van der Waals surface area (Å²) in [6.45, 7) is 0. The Kier molecular flexibility index (Phi) is 3.60. The Morgan fingerprint density at radius 3 is 2.50 bits per heavy atom. The standard InChI is InChI=1S/C15H12N4O5/c1-17-13-5-2-10(6-9(13)7-15(17)20)16-12-4-3-11(18(21)22)8-14(12)19(23)24/h2-6,8,16H,7H2,1H3. The molecule has 0 radical (unpaired) electrons. The van der Waals surface area contributed by atoms with Crippen molar-refractivity contribution in [3.63, 3.8) is 0 Å². The molecule has 0 saturated carbocycles. The van der Waals surface area contributed by atoms with E-state index in [1.165, 1.54) is 12.1 Å². The third-order valence-electron chi connectivity index (χ3n) is 3.82. The molecule has 9 heteroatoms. The van der Waals surface area contributed by atoms with Gasteiger partial charge < -0.3 is 10.2 Å². The summed E-state index contributed by atoms with van der Waals surface area (Å²) in [5, 5.41) is 24.8. The molecule has 0 atom stereocenters. The van der Waals surface area contributed by atoms with E-state index in [0.29, 0.717) is 5.69 Å². The van der Waals surface area contributed by atoms with Crippen LogP contribution in [0.3, 0.4) is 0 Å². The summed E-state index contributed by atoms with van der Waals surface area (Å²) < 4.78 is 0. The number of hydrogen-bond acceptors (Lipinski definition) is 6. The number of fused-ring (bicyclic) bond motifs is 1. The van der Waals surface area contributed by atoms with Crippen LogP contribution in [0.1, 0.15) is 5.56 Å². The third-order valence-corrected chi connectivity index (χ3v) is 3.82. The highest BCUT2D eigenvalue weighted by Gasteiger charge is 2.24. The van der Waals surface area contributed by atoms with Crippen molar-refractivity contribution in [1.82, 2.24) is 0 Å². The summed E-state index contributed by atoms with van der Waals surface area (Å²) in [6.07, 6.45) is 0.268. The number of carbonyl (C=O) groups excluding carboxylic acids is 1. The van der Waals surface area contributed by atoms with Crippen molar-refractivity contribution in [3.8, 4) is 0 Å². The lowest BCUT2D eigenvalue weighted by molar-refractivity contribution is -0.393. The third kappa shape index (κ3) is 2.62. The van der Waals surface area contributed by atoms with Crippen LogP contribution in [0.25, 0.3) is 0 Å². The van der Waals surface area contributed by atoms with Crippen LogP contribution in [-0.2, 0) is 11.2 Å². The van der Waals surface area contributed by atoms with Gasteiger partial charge in [0.25, 0.3) is 11.4 Å². The van der Waals surface area contributed by atoms with Gasteiger partial charge in [-0.05, 0) is 29.8 Å². The van der Waals surface area contributed by atoms with E-state index < -0.39 is 15.5 Å². The molecule has 1 N–H and O–H groups in total. The zero-order valence-corrected chi connectivity index (χ0v) is 12.6. The number of carbonyl (C=O) groups is 1. The van der Waals surface area contributed by atoms with Crippen molar-refractivity contribution in [2.24, 2.45) is 0 Å². The zero-order chi connectivity index (χ0) is 17.4. The Morgan fingerprint density at radius 2 is 1.83 bits per heavy atom. The number of nitro benzene ring substituents is 2. The number of rotatable bonds is 4. The van der Waals surface area contributed by atoms with Gasteiger partial charge >= 0.3 is 0 Å². The number of benzene rings is 2. The summed E-state index contributed by atoms with van der Waals surface area (Å²) in [7, 11) is 1.68. The maximum Gasteiger partial charge on any atom is 0.299 e. The van der Waals surface area contributed by atoms with E-state index in [4.69, 9.17) is 0 Å². The first-order valence-corrected chi connectivity index (χ1v) is 6.96. The van der Waals surface area contributed by atoms with E-state index in [2.05, 4.69) is 5.32 Å². The summed E-state index contributed by atoms with van der Waals surface area (Å²) >= 11 is 0. The topological polar surface area (TPSA) is 119 Å². The van der Waals surface area contributed by atoms with Crippen LogP contribution in [0.15, 0.2) is 36.4 Å². The van der Waals surface area contributed by atoms with E-state index in [9.17, 15) is 25.0 Å². The van der Waals surface area contributed by atoms with Gasteiger partial charge in [-0.25, -0.2) is 0 Å². The lowest BCUT2D eigenvalue weighted by atomic mass is 10.1. The van der Waals surface area contributed by atoms with Gasteiger partial charge in [0.05, 0.1) is 22.3 Å². The second-order valence-electron chi connectivity index (χ2n) is 5.31. The molecule has 0 spiro atoms. The maximum absolute atomic E-state index is 11.7. The number of nitrogens with zero attached hydrogens (tertiary/aromatic N) is 3. The van der Waals surface area contributed by atoms with Crippen molar-refractivity contribution >= 4 is 34.3 Å². The van der Waals surface area contributed by atoms with Crippen LogP contribution < -0.4 is 10.2 Å². The van der Waals surface area contributed by atoms with Gasteiger partial charge in [0.15, 0.2) is 0 Å². The van der Waals surface area contributed by atoms with E-state index in [-0.39, 0.29) is 23.7 Å². The van der Waals surface area contributed by atoms with Crippen LogP contribution >= 0.6 is 0 Å². The minimum absolute atomic E-state index is 0.0246. The molecule has 24 heavy (non-hydrogen) atoms. The summed E-state index contributed by atoms with van der Waals surface area (Å²) in [5.74, 6) is -0.0246. The molecule has 0 bridgehead atoms. The monoisotopic (exact) mass is 328 g/mol. The second kappa shape index (κ2) is 5.61. The summed E-state index contributed by atoms with van der Waals surface area (Å²) in [5.41, 5.74) is 1.57. The van der Waals surface area contributed by atoms with Crippen LogP contribution in [0.2, 0.25) is 0 Å². The fourth-order valence-corrected chi connectivity index (χ4v) is 2.59. The Balaban J connectivity index is 1.95. The van der Waals surface area contributed by atoms with Gasteiger partial charge in [-0.3, -0.25) is 25.0 Å². The lowest BCUT2D eigenvalue weighted by Crippen LogP contribution is -2.20. The van der Waals surface area contributed by atoms with Gasteiger partial charge in [-0.15, -0.1) is 0 Å². The highest BCUT2D eigenvalue weighted by atomic mass is 16.6. The van der Waals surface area contributed by atoms with Gasteiger partial charge in [0, 0.05) is 24.5 Å². The number of non-ortho nitro benzene ring substituents is 1. The van der Waals surface area contributed by atoms with Gasteiger partial charge in [0.2, 0.25) is 5.91 Å². The predicted octanol–water partition coefficient (Wildman–Crippen LogP) is 2.77. The molecular formula is C15H12N4O5. The number of anilines is 3. The molecule has 1 aliphatic rings. The number of nitrogens with one attached hydrogen (secondary N) is 1. The molecule has 9 nitrogen and oxygen atoms in total. The van der Waals surface area contributed by atoms with Crippen LogP contribution in [0.5, 0.6) is 0 Å². The van der Waals surface area contributed by atoms with Crippen molar-refractivity contribution in [2.45, 2.75) is 6.42 Å². The smallest absolute Gasteiger partial charge is 0.299 e. The molecule has 1 amide bonds. The Bertz CT molecular complexity index is 880. The molecule has 0 unspecified atom stereocenters. The first-order chi connectivity index (χ1) is 11.4. The highest BCUT2D eigenvalue weighted by molar-refractivity contribution is 6.01. The normalized spacial score (nSPS) is 12.9. The Labute approximate surface area is 135 Å². The first-order valence-electron chi connectivity index (χ1n) is 6.96. The Hall–Kier alpha value is -3.49. The van der Waals surface area contributed by atoms with Crippen molar-refractivity contribution < 1.29 is 14.6 Å². The maximum atomic E-state index is 11.7. The van der Waals surface area contributed by atoms with Crippen molar-refractivity contribution in [3.05, 3.63) is 62.2 Å². The van der Waals surface area contributed by atoms with Gasteiger partial charge in [-0.2, -0.15) is 0 Å². The predicted molar refractivity (Wildman–Crippen MR) is 86.6 cm³/mol. The highest BCUT2D eigenvalue weighted by Crippen LogP contribution is 2.34. The lowest BCUT2D eigenvalue weighted by Gasteiger charge is -2.11. The molecule has 0 aromatic heterocycles. The minimum Gasteiger partial charge on any atom is -0.350 e. The molecule has 1 heterocycles. The summed E-state index contributed by atoms with van der Waals surface area (Å²) in [6, 6.07) is 8.58. The van der Waals surface area contributed by atoms with E-state index in [0.717, 1.165) is 17.3 Å². The SMILES string of the molecule is CN1C(=O)Cc2cc(Nc3ccc([N+](=O)[O-])cc3[N+](=O)[O-])ccc21. The molecule has 0 fully saturated rings. The average Bonchev–Trinajstić information content (AvgIpc) is 2.81. The molecular weight excluding hydrogens is 316 g/mol. The molecule has 3 rings (SSSR count). The molecule has 0 aliphatic carbocycles. The van der Waals surface area contributed by atoms with E-state index in [1.54, 1.807) is 30.1 Å². The number of amides is 1. The van der Waals surface area contributed by atoms with Crippen molar-refractivity contribution in [2.75, 3.05) is 17.3 Å². The Morgan fingerprint density at radius 1 is 1.08 bits per heavy atom.